The van der Waals surface area contributed by atoms with Gasteiger partial charge in [-0.2, -0.15) is 0 Å². The van der Waals surface area contributed by atoms with Gasteiger partial charge in [0, 0.05) is 24.5 Å². The number of aromatic amines is 1. The molecule has 2 rings (SSSR count). The van der Waals surface area contributed by atoms with Crippen LogP contribution >= 0.6 is 0 Å². The van der Waals surface area contributed by atoms with Crippen LogP contribution in [0.2, 0.25) is 0 Å². The molecule has 0 saturated heterocycles. The summed E-state index contributed by atoms with van der Waals surface area (Å²) < 4.78 is 5.45. The lowest BCUT2D eigenvalue weighted by Gasteiger charge is -2.02. The first-order valence-corrected chi connectivity index (χ1v) is 5.06. The third kappa shape index (κ3) is 2.58. The van der Waals surface area contributed by atoms with Crippen LogP contribution in [0.1, 0.15) is 17.0 Å². The van der Waals surface area contributed by atoms with Gasteiger partial charge >= 0.3 is 0 Å². The Bertz CT molecular complexity index is 449. The number of aryl methyl sites for hydroxylation is 1. The summed E-state index contributed by atoms with van der Waals surface area (Å²) in [6.07, 6.45) is 1.76. The van der Waals surface area contributed by atoms with Crippen molar-refractivity contribution >= 4 is 0 Å². The highest BCUT2D eigenvalue weighted by Crippen LogP contribution is 2.09. The standard InChI is InChI=1S/C11H14N4O/c1-8-4-11(15-14-8)16-7-10-3-2-9(5-12)6-13-10/h2-4,6H,5,7,12H2,1H3,(H,14,15). The molecule has 5 heteroatoms. The fourth-order valence-electron chi connectivity index (χ4n) is 1.28. The molecule has 0 aliphatic rings. The zero-order valence-corrected chi connectivity index (χ0v) is 9.10. The van der Waals surface area contributed by atoms with Gasteiger partial charge in [-0.05, 0) is 18.6 Å². The summed E-state index contributed by atoms with van der Waals surface area (Å²) in [6, 6.07) is 5.69. The highest BCUT2D eigenvalue weighted by atomic mass is 16.5. The molecule has 0 aliphatic heterocycles. The predicted octanol–water partition coefficient (Wildman–Crippen LogP) is 1.15. The van der Waals surface area contributed by atoms with E-state index in [4.69, 9.17) is 10.5 Å². The summed E-state index contributed by atoms with van der Waals surface area (Å²) in [7, 11) is 0. The quantitative estimate of drug-likeness (QED) is 0.807. The number of hydrogen-bond donors (Lipinski definition) is 2. The van der Waals surface area contributed by atoms with Gasteiger partial charge in [0.1, 0.15) is 6.61 Å². The summed E-state index contributed by atoms with van der Waals surface area (Å²) >= 11 is 0. The normalized spacial score (nSPS) is 10.4. The smallest absolute Gasteiger partial charge is 0.233 e. The van der Waals surface area contributed by atoms with Crippen molar-refractivity contribution in [2.45, 2.75) is 20.1 Å². The van der Waals surface area contributed by atoms with Gasteiger partial charge in [-0.25, -0.2) is 0 Å². The van der Waals surface area contributed by atoms with E-state index in [1.165, 1.54) is 0 Å². The Kier molecular flexibility index (Phi) is 3.16. The van der Waals surface area contributed by atoms with E-state index in [2.05, 4.69) is 15.2 Å². The Morgan fingerprint density at radius 3 is 2.88 bits per heavy atom. The average Bonchev–Trinajstić information content (AvgIpc) is 2.73. The molecule has 84 valence electrons. The molecule has 0 fully saturated rings. The van der Waals surface area contributed by atoms with Crippen molar-refractivity contribution in [2.24, 2.45) is 5.73 Å². The van der Waals surface area contributed by atoms with Gasteiger partial charge in [0.25, 0.3) is 0 Å². The summed E-state index contributed by atoms with van der Waals surface area (Å²) in [5, 5.41) is 6.78. The molecule has 3 N–H and O–H groups in total. The second-order valence-electron chi connectivity index (χ2n) is 3.54. The maximum Gasteiger partial charge on any atom is 0.233 e. The SMILES string of the molecule is Cc1cc(OCc2ccc(CN)cn2)n[nH]1. The number of H-pyrrole nitrogens is 1. The van der Waals surface area contributed by atoms with Crippen molar-refractivity contribution in [3.05, 3.63) is 41.3 Å². The molecule has 16 heavy (non-hydrogen) atoms. The first-order chi connectivity index (χ1) is 7.78. The molecule has 0 aliphatic carbocycles. The summed E-state index contributed by atoms with van der Waals surface area (Å²) in [6.45, 7) is 2.84. The van der Waals surface area contributed by atoms with Crippen LogP contribution in [0.25, 0.3) is 0 Å². The van der Waals surface area contributed by atoms with Gasteiger partial charge in [-0.3, -0.25) is 10.1 Å². The minimum absolute atomic E-state index is 0.412. The van der Waals surface area contributed by atoms with Gasteiger partial charge in [0.05, 0.1) is 5.69 Å². The van der Waals surface area contributed by atoms with E-state index < -0.39 is 0 Å². The van der Waals surface area contributed by atoms with E-state index in [0.29, 0.717) is 19.0 Å². The highest BCUT2D eigenvalue weighted by Gasteiger charge is 2.00. The minimum Gasteiger partial charge on any atom is -0.470 e. The second kappa shape index (κ2) is 4.76. The van der Waals surface area contributed by atoms with E-state index in [1.807, 2.05) is 25.1 Å². The number of rotatable bonds is 4. The zero-order chi connectivity index (χ0) is 11.4. The van der Waals surface area contributed by atoms with Crippen molar-refractivity contribution in [1.29, 1.82) is 0 Å². The number of pyridine rings is 1. The van der Waals surface area contributed by atoms with Crippen molar-refractivity contribution in [3.63, 3.8) is 0 Å². The Hall–Kier alpha value is -1.88. The summed E-state index contributed by atoms with van der Waals surface area (Å²) in [4.78, 5) is 4.23. The van der Waals surface area contributed by atoms with Crippen molar-refractivity contribution in [1.82, 2.24) is 15.2 Å². The number of aromatic nitrogens is 3. The van der Waals surface area contributed by atoms with Crippen LogP contribution in [0.5, 0.6) is 5.88 Å². The monoisotopic (exact) mass is 218 g/mol. The molecule has 0 spiro atoms. The van der Waals surface area contributed by atoms with Crippen LogP contribution in [-0.2, 0) is 13.2 Å². The topological polar surface area (TPSA) is 76.8 Å². The van der Waals surface area contributed by atoms with Gasteiger partial charge in [-0.15, -0.1) is 5.10 Å². The van der Waals surface area contributed by atoms with E-state index in [0.717, 1.165) is 17.0 Å². The van der Waals surface area contributed by atoms with Crippen LogP contribution in [0, 0.1) is 6.92 Å². The maximum atomic E-state index is 5.48. The molecule has 0 radical (unpaired) electrons. The Morgan fingerprint density at radius 1 is 1.44 bits per heavy atom. The van der Waals surface area contributed by atoms with E-state index in [-0.39, 0.29) is 0 Å². The third-order valence-corrected chi connectivity index (χ3v) is 2.17. The first-order valence-electron chi connectivity index (χ1n) is 5.06. The summed E-state index contributed by atoms with van der Waals surface area (Å²) in [5.74, 6) is 0.585. The molecule has 2 aromatic rings. The van der Waals surface area contributed by atoms with Crippen molar-refractivity contribution in [2.75, 3.05) is 0 Å². The molecule has 5 nitrogen and oxygen atoms in total. The molecule has 2 heterocycles. The van der Waals surface area contributed by atoms with Crippen molar-refractivity contribution < 1.29 is 4.74 Å². The van der Waals surface area contributed by atoms with Gasteiger partial charge in [-0.1, -0.05) is 6.07 Å². The number of hydrogen-bond acceptors (Lipinski definition) is 4. The Balaban J connectivity index is 1.94. The lowest BCUT2D eigenvalue weighted by atomic mass is 10.2. The summed E-state index contributed by atoms with van der Waals surface area (Å²) in [5.41, 5.74) is 8.33. The van der Waals surface area contributed by atoms with Gasteiger partial charge < -0.3 is 10.5 Å². The second-order valence-corrected chi connectivity index (χ2v) is 3.54. The molecule has 0 saturated carbocycles. The van der Waals surface area contributed by atoms with Crippen LogP contribution in [0.4, 0.5) is 0 Å². The zero-order valence-electron chi connectivity index (χ0n) is 9.10. The van der Waals surface area contributed by atoms with Crippen LogP contribution in [0.15, 0.2) is 24.4 Å². The van der Waals surface area contributed by atoms with Gasteiger partial charge in [0.2, 0.25) is 5.88 Å². The first kappa shape index (κ1) is 10.6. The molecule has 0 atom stereocenters. The lowest BCUT2D eigenvalue weighted by Crippen LogP contribution is -2.01. The fraction of sp³-hybridized carbons (Fsp3) is 0.273. The largest absolute Gasteiger partial charge is 0.470 e. The molecule has 0 unspecified atom stereocenters. The van der Waals surface area contributed by atoms with E-state index >= 15 is 0 Å². The molecule has 0 bridgehead atoms. The van der Waals surface area contributed by atoms with E-state index in [1.54, 1.807) is 6.20 Å². The number of nitrogens with one attached hydrogen (secondary N) is 1. The van der Waals surface area contributed by atoms with Crippen LogP contribution in [-0.4, -0.2) is 15.2 Å². The van der Waals surface area contributed by atoms with Gasteiger partial charge in [0.15, 0.2) is 0 Å². The van der Waals surface area contributed by atoms with E-state index in [9.17, 15) is 0 Å². The molecule has 0 amide bonds. The minimum atomic E-state index is 0.412. The molecular formula is C11H14N4O. The van der Waals surface area contributed by atoms with Crippen LogP contribution < -0.4 is 10.5 Å². The number of nitrogens with zero attached hydrogens (tertiary/aromatic N) is 2. The maximum absolute atomic E-state index is 5.48. The van der Waals surface area contributed by atoms with Crippen molar-refractivity contribution in [3.8, 4) is 5.88 Å². The third-order valence-electron chi connectivity index (χ3n) is 2.17. The Morgan fingerprint density at radius 2 is 2.31 bits per heavy atom. The van der Waals surface area contributed by atoms with Crippen LogP contribution in [0.3, 0.4) is 0 Å². The number of nitrogens with two attached hydrogens (primary N) is 1. The lowest BCUT2D eigenvalue weighted by molar-refractivity contribution is 0.289. The fourth-order valence-corrected chi connectivity index (χ4v) is 1.28. The molecule has 2 aromatic heterocycles. The predicted molar refractivity (Wildman–Crippen MR) is 59.8 cm³/mol. The highest BCUT2D eigenvalue weighted by molar-refractivity contribution is 5.15. The molecule has 0 aromatic carbocycles. The Labute approximate surface area is 93.7 Å². The average molecular weight is 218 g/mol. The molecular weight excluding hydrogens is 204 g/mol. The number of ether oxygens (including phenoxy) is 1.